The molecule has 0 saturated heterocycles. The molecule has 88 valence electrons. The molecule has 0 radical (unpaired) electrons. The fourth-order valence-corrected chi connectivity index (χ4v) is 2.50. The van der Waals surface area contributed by atoms with Gasteiger partial charge in [-0.2, -0.15) is 0 Å². The molecule has 0 bridgehead atoms. The maximum Gasteiger partial charge on any atom is 0.0377 e. The summed E-state index contributed by atoms with van der Waals surface area (Å²) in [5, 5.41) is 3.64. The average molecular weight is 218 g/mol. The van der Waals surface area contributed by atoms with Crippen molar-refractivity contribution in [1.82, 2.24) is 0 Å². The van der Waals surface area contributed by atoms with Crippen molar-refractivity contribution in [1.29, 1.82) is 0 Å². The summed E-state index contributed by atoms with van der Waals surface area (Å²) >= 11 is 0. The predicted octanol–water partition coefficient (Wildman–Crippen LogP) is 3.10. The van der Waals surface area contributed by atoms with Crippen molar-refractivity contribution in [3.8, 4) is 0 Å². The largest absolute Gasteiger partial charge is 0.382 e. The van der Waals surface area contributed by atoms with Crippen molar-refractivity contribution < 1.29 is 0 Å². The van der Waals surface area contributed by atoms with E-state index in [1.165, 1.54) is 17.7 Å². The van der Waals surface area contributed by atoms with E-state index >= 15 is 0 Å². The monoisotopic (exact) mass is 218 g/mol. The summed E-state index contributed by atoms with van der Waals surface area (Å²) < 4.78 is 0. The molecule has 2 heteroatoms. The first-order valence-corrected chi connectivity index (χ1v) is 6.28. The van der Waals surface area contributed by atoms with E-state index in [9.17, 15) is 0 Å². The van der Waals surface area contributed by atoms with Crippen LogP contribution in [0.3, 0.4) is 0 Å². The van der Waals surface area contributed by atoms with Crippen molar-refractivity contribution in [2.45, 2.75) is 51.1 Å². The van der Waals surface area contributed by atoms with Gasteiger partial charge >= 0.3 is 0 Å². The predicted molar refractivity (Wildman–Crippen MR) is 69.8 cm³/mol. The first kappa shape index (κ1) is 11.5. The quantitative estimate of drug-likeness (QED) is 0.818. The minimum atomic E-state index is 0.392. The van der Waals surface area contributed by atoms with Crippen molar-refractivity contribution in [2.24, 2.45) is 5.73 Å². The molecule has 0 heterocycles. The Hall–Kier alpha value is -1.02. The third-order valence-corrected chi connectivity index (χ3v) is 3.42. The molecule has 1 fully saturated rings. The molecule has 1 aromatic carbocycles. The van der Waals surface area contributed by atoms with Crippen LogP contribution < -0.4 is 11.1 Å². The Kier molecular flexibility index (Phi) is 3.49. The molecule has 16 heavy (non-hydrogen) atoms. The highest BCUT2D eigenvalue weighted by Gasteiger charge is 2.22. The molecule has 2 rings (SSSR count). The Morgan fingerprint density at radius 3 is 2.62 bits per heavy atom. The van der Waals surface area contributed by atoms with Crippen LogP contribution in [0.1, 0.15) is 44.6 Å². The zero-order valence-corrected chi connectivity index (χ0v) is 10.2. The Labute approximate surface area is 98.2 Å². The Bertz CT molecular complexity index is 346. The van der Waals surface area contributed by atoms with E-state index in [0.29, 0.717) is 18.0 Å². The van der Waals surface area contributed by atoms with Gasteiger partial charge in [0.2, 0.25) is 0 Å². The highest BCUT2D eigenvalue weighted by molar-refractivity contribution is 5.53. The molecule has 0 spiro atoms. The molecule has 2 unspecified atom stereocenters. The fourth-order valence-electron chi connectivity index (χ4n) is 2.50. The van der Waals surface area contributed by atoms with Gasteiger partial charge in [0, 0.05) is 17.8 Å². The summed E-state index contributed by atoms with van der Waals surface area (Å²) in [6, 6.07) is 9.56. The zero-order chi connectivity index (χ0) is 11.5. The normalized spacial score (nSPS) is 25.0. The van der Waals surface area contributed by atoms with Gasteiger partial charge in [0.25, 0.3) is 0 Å². The zero-order valence-electron chi connectivity index (χ0n) is 10.2. The minimum absolute atomic E-state index is 0.392. The summed E-state index contributed by atoms with van der Waals surface area (Å²) in [6.45, 7) is 4.47. The van der Waals surface area contributed by atoms with Crippen LogP contribution in [-0.4, -0.2) is 12.1 Å². The molecule has 0 amide bonds. The third kappa shape index (κ3) is 2.56. The lowest BCUT2D eigenvalue weighted by Gasteiger charge is -2.19. The van der Waals surface area contributed by atoms with E-state index in [-0.39, 0.29) is 0 Å². The van der Waals surface area contributed by atoms with Gasteiger partial charge < -0.3 is 11.1 Å². The van der Waals surface area contributed by atoms with Crippen molar-refractivity contribution in [3.63, 3.8) is 0 Å². The Morgan fingerprint density at radius 1 is 1.25 bits per heavy atom. The van der Waals surface area contributed by atoms with E-state index in [4.69, 9.17) is 5.73 Å². The number of benzene rings is 1. The number of hydrogen-bond acceptors (Lipinski definition) is 2. The van der Waals surface area contributed by atoms with Crippen LogP contribution in [0.5, 0.6) is 0 Å². The molecule has 1 aliphatic rings. The first-order valence-electron chi connectivity index (χ1n) is 6.28. The number of rotatable bonds is 3. The lowest BCUT2D eigenvalue weighted by molar-refractivity contribution is 0.687. The SMILES string of the molecule is CC(C)c1ccccc1NC1CCC(N)C1. The van der Waals surface area contributed by atoms with Gasteiger partial charge in [-0.3, -0.25) is 0 Å². The molecule has 0 aromatic heterocycles. The lowest BCUT2D eigenvalue weighted by Crippen LogP contribution is -2.21. The topological polar surface area (TPSA) is 38.0 Å². The summed E-state index contributed by atoms with van der Waals surface area (Å²) in [5.74, 6) is 0.568. The second-order valence-corrected chi connectivity index (χ2v) is 5.16. The average Bonchev–Trinajstić information content (AvgIpc) is 2.64. The molecule has 3 N–H and O–H groups in total. The van der Waals surface area contributed by atoms with Gasteiger partial charge in [-0.25, -0.2) is 0 Å². The number of nitrogens with two attached hydrogens (primary N) is 1. The van der Waals surface area contributed by atoms with Gasteiger partial charge in [0.05, 0.1) is 0 Å². The standard InChI is InChI=1S/C14H22N2/c1-10(2)13-5-3-4-6-14(13)16-12-8-7-11(15)9-12/h3-6,10-12,16H,7-9,15H2,1-2H3. The molecular weight excluding hydrogens is 196 g/mol. The molecule has 1 aliphatic carbocycles. The number of anilines is 1. The lowest BCUT2D eigenvalue weighted by atomic mass is 10.0. The van der Waals surface area contributed by atoms with E-state index < -0.39 is 0 Å². The van der Waals surface area contributed by atoms with Crippen molar-refractivity contribution >= 4 is 5.69 Å². The van der Waals surface area contributed by atoms with Gasteiger partial charge in [-0.15, -0.1) is 0 Å². The van der Waals surface area contributed by atoms with Crippen LogP contribution in [0, 0.1) is 0 Å². The number of para-hydroxylation sites is 1. The van der Waals surface area contributed by atoms with Gasteiger partial charge in [-0.05, 0) is 36.8 Å². The Balaban J connectivity index is 2.09. The smallest absolute Gasteiger partial charge is 0.0377 e. The number of nitrogens with one attached hydrogen (secondary N) is 1. The molecular formula is C14H22N2. The third-order valence-electron chi connectivity index (χ3n) is 3.42. The van der Waals surface area contributed by atoms with Crippen LogP contribution in [0.2, 0.25) is 0 Å². The summed E-state index contributed by atoms with van der Waals surface area (Å²) in [7, 11) is 0. The highest BCUT2D eigenvalue weighted by Crippen LogP contribution is 2.27. The van der Waals surface area contributed by atoms with Gasteiger partial charge in [0.15, 0.2) is 0 Å². The Morgan fingerprint density at radius 2 is 2.00 bits per heavy atom. The summed E-state index contributed by atoms with van der Waals surface area (Å²) in [4.78, 5) is 0. The minimum Gasteiger partial charge on any atom is -0.382 e. The van der Waals surface area contributed by atoms with Crippen LogP contribution in [0.25, 0.3) is 0 Å². The molecule has 1 saturated carbocycles. The maximum absolute atomic E-state index is 5.94. The van der Waals surface area contributed by atoms with E-state index in [1.807, 2.05) is 0 Å². The van der Waals surface area contributed by atoms with Crippen LogP contribution >= 0.6 is 0 Å². The molecule has 2 atom stereocenters. The first-order chi connectivity index (χ1) is 7.66. The number of hydrogen-bond donors (Lipinski definition) is 2. The summed E-state index contributed by atoms with van der Waals surface area (Å²) in [5.41, 5.74) is 8.63. The molecule has 0 aliphatic heterocycles. The summed E-state index contributed by atoms with van der Waals surface area (Å²) in [6.07, 6.45) is 3.46. The van der Waals surface area contributed by atoms with E-state index in [2.05, 4.69) is 43.4 Å². The van der Waals surface area contributed by atoms with Crippen LogP contribution in [0.4, 0.5) is 5.69 Å². The van der Waals surface area contributed by atoms with E-state index in [0.717, 1.165) is 12.8 Å². The second-order valence-electron chi connectivity index (χ2n) is 5.16. The van der Waals surface area contributed by atoms with Crippen LogP contribution in [-0.2, 0) is 0 Å². The maximum atomic E-state index is 5.94. The second kappa shape index (κ2) is 4.88. The van der Waals surface area contributed by atoms with E-state index in [1.54, 1.807) is 0 Å². The molecule has 2 nitrogen and oxygen atoms in total. The fraction of sp³-hybridized carbons (Fsp3) is 0.571. The van der Waals surface area contributed by atoms with Gasteiger partial charge in [0.1, 0.15) is 0 Å². The van der Waals surface area contributed by atoms with Gasteiger partial charge in [-0.1, -0.05) is 32.0 Å². The highest BCUT2D eigenvalue weighted by atomic mass is 14.9. The van der Waals surface area contributed by atoms with Crippen molar-refractivity contribution in [2.75, 3.05) is 5.32 Å². The molecule has 1 aromatic rings. The van der Waals surface area contributed by atoms with Crippen molar-refractivity contribution in [3.05, 3.63) is 29.8 Å². The van der Waals surface area contributed by atoms with Crippen LogP contribution in [0.15, 0.2) is 24.3 Å².